The van der Waals surface area contributed by atoms with Crippen molar-refractivity contribution in [2.45, 2.75) is 6.04 Å². The first kappa shape index (κ1) is 8.91. The zero-order valence-corrected chi connectivity index (χ0v) is 5.71. The van der Waals surface area contributed by atoms with Crippen molar-refractivity contribution in [3.05, 3.63) is 25.3 Å². The van der Waals surface area contributed by atoms with E-state index in [1.807, 2.05) is 0 Å². The summed E-state index contributed by atoms with van der Waals surface area (Å²) >= 11 is 0. The minimum absolute atomic E-state index is 0.475. The lowest BCUT2D eigenvalue weighted by Crippen LogP contribution is -2.34. The molecule has 0 saturated carbocycles. The van der Waals surface area contributed by atoms with E-state index in [0.29, 0.717) is 6.54 Å². The van der Waals surface area contributed by atoms with Crippen LogP contribution in [0.3, 0.4) is 0 Å². The van der Waals surface area contributed by atoms with Crippen LogP contribution in [0.2, 0.25) is 0 Å². The van der Waals surface area contributed by atoms with Crippen molar-refractivity contribution in [1.29, 1.82) is 0 Å². The second kappa shape index (κ2) is 4.76. The summed E-state index contributed by atoms with van der Waals surface area (Å²) in [6.45, 7) is 7.27. The van der Waals surface area contributed by atoms with E-state index in [-0.39, 0.29) is 0 Å². The summed E-state index contributed by atoms with van der Waals surface area (Å²) in [6.07, 6.45) is 2.94. The Hall–Kier alpha value is -1.09. The predicted octanol–water partition coefficient (Wildman–Crippen LogP) is 0.401. The van der Waals surface area contributed by atoms with Gasteiger partial charge in [-0.25, -0.2) is 0 Å². The zero-order valence-electron chi connectivity index (χ0n) is 5.71. The van der Waals surface area contributed by atoms with Crippen molar-refractivity contribution in [3.63, 3.8) is 0 Å². The fourth-order valence-corrected chi connectivity index (χ4v) is 0.482. The summed E-state index contributed by atoms with van der Waals surface area (Å²) in [7, 11) is 0. The van der Waals surface area contributed by atoms with Crippen LogP contribution in [0.25, 0.3) is 0 Å². The van der Waals surface area contributed by atoms with Gasteiger partial charge < -0.3 is 5.11 Å². The van der Waals surface area contributed by atoms with E-state index in [9.17, 15) is 4.79 Å². The van der Waals surface area contributed by atoms with Crippen LogP contribution in [-0.2, 0) is 4.79 Å². The first-order chi connectivity index (χ1) is 4.72. The van der Waals surface area contributed by atoms with Gasteiger partial charge >= 0.3 is 5.97 Å². The number of carboxylic acids is 1. The molecular formula is C7H11NO2. The molecule has 10 heavy (non-hydrogen) atoms. The monoisotopic (exact) mass is 145 g/mol. The molecular weight excluding hydrogens is 134 g/mol. The highest BCUT2D eigenvalue weighted by atomic mass is 16.7. The lowest BCUT2D eigenvalue weighted by Gasteiger charge is -2.05. The van der Waals surface area contributed by atoms with E-state index in [1.165, 1.54) is 6.08 Å². The molecule has 0 aliphatic heterocycles. The van der Waals surface area contributed by atoms with Gasteiger partial charge in [0.1, 0.15) is 6.04 Å². The summed E-state index contributed by atoms with van der Waals surface area (Å²) in [5.41, 5.74) is 0. The molecule has 56 valence electrons. The summed E-state index contributed by atoms with van der Waals surface area (Å²) in [6, 6.07) is -0.669. The lowest BCUT2D eigenvalue weighted by atomic mass is 10.7. The maximum Gasteiger partial charge on any atom is 0.324 e. The highest BCUT2D eigenvalue weighted by Crippen LogP contribution is 1.83. The fraction of sp³-hybridized carbons (Fsp3) is 0.286. The van der Waals surface area contributed by atoms with Crippen LogP contribution in [-0.4, -0.2) is 23.7 Å². The topological polar surface area (TPSA) is 49.3 Å². The first-order valence-electron chi connectivity index (χ1n) is 2.92. The number of hydrogen-bond acceptors (Lipinski definition) is 2. The SMILES string of the molecule is C=CCN[14CH](C=C)[14C](=O)O. The summed E-state index contributed by atoms with van der Waals surface area (Å²) < 4.78 is 0. The van der Waals surface area contributed by atoms with Crippen molar-refractivity contribution in [1.82, 2.24) is 5.32 Å². The van der Waals surface area contributed by atoms with Crippen LogP contribution in [0.4, 0.5) is 0 Å². The maximum atomic E-state index is 10.3. The van der Waals surface area contributed by atoms with Gasteiger partial charge in [0.15, 0.2) is 0 Å². The Morgan fingerprint density at radius 1 is 1.70 bits per heavy atom. The third kappa shape index (κ3) is 3.04. The van der Waals surface area contributed by atoms with E-state index >= 15 is 0 Å². The van der Waals surface area contributed by atoms with Gasteiger partial charge in [-0.15, -0.1) is 13.2 Å². The molecule has 0 saturated heterocycles. The Morgan fingerprint density at radius 2 is 2.30 bits per heavy atom. The van der Waals surface area contributed by atoms with Crippen LogP contribution in [0.1, 0.15) is 0 Å². The van der Waals surface area contributed by atoms with Gasteiger partial charge in [-0.1, -0.05) is 12.2 Å². The van der Waals surface area contributed by atoms with Crippen LogP contribution < -0.4 is 5.32 Å². The van der Waals surface area contributed by atoms with Gasteiger partial charge in [0.2, 0.25) is 0 Å². The summed E-state index contributed by atoms with van der Waals surface area (Å²) in [5, 5.41) is 11.1. The first-order valence-corrected chi connectivity index (χ1v) is 2.92. The molecule has 1 atom stereocenters. The maximum absolute atomic E-state index is 10.3. The van der Waals surface area contributed by atoms with Crippen molar-refractivity contribution < 1.29 is 9.90 Å². The van der Waals surface area contributed by atoms with E-state index in [2.05, 4.69) is 18.5 Å². The molecule has 0 aliphatic rings. The summed E-state index contributed by atoms with van der Waals surface area (Å²) in [5.74, 6) is -0.920. The number of hydrogen-bond donors (Lipinski definition) is 2. The lowest BCUT2D eigenvalue weighted by molar-refractivity contribution is -0.138. The van der Waals surface area contributed by atoms with E-state index in [1.54, 1.807) is 6.08 Å². The highest BCUT2D eigenvalue weighted by Gasteiger charge is 2.09. The van der Waals surface area contributed by atoms with Crippen molar-refractivity contribution in [2.24, 2.45) is 0 Å². The molecule has 0 radical (unpaired) electrons. The number of carboxylic acid groups (broad SMARTS) is 1. The largest absolute Gasteiger partial charge is 0.480 e. The Labute approximate surface area is 60.1 Å². The molecule has 0 amide bonds. The van der Waals surface area contributed by atoms with Gasteiger partial charge in [0, 0.05) is 6.54 Å². The van der Waals surface area contributed by atoms with Gasteiger partial charge in [-0.2, -0.15) is 0 Å². The summed E-state index contributed by atoms with van der Waals surface area (Å²) in [4.78, 5) is 10.3. The molecule has 0 aromatic heterocycles. The quantitative estimate of drug-likeness (QED) is 0.550. The van der Waals surface area contributed by atoms with Crippen LogP contribution in [0, 0.1) is 0 Å². The average Bonchev–Trinajstić information content (AvgIpc) is 1.89. The Morgan fingerprint density at radius 3 is 2.60 bits per heavy atom. The normalized spacial score (nSPS) is 12.0. The van der Waals surface area contributed by atoms with E-state index < -0.39 is 12.0 Å². The zero-order chi connectivity index (χ0) is 7.98. The van der Waals surface area contributed by atoms with Crippen LogP contribution in [0.5, 0.6) is 0 Å². The Kier molecular flexibility index (Phi) is 4.24. The predicted molar refractivity (Wildman–Crippen MR) is 39.8 cm³/mol. The molecule has 0 fully saturated rings. The van der Waals surface area contributed by atoms with Gasteiger partial charge in [-0.05, 0) is 0 Å². The average molecular weight is 145 g/mol. The Bertz CT molecular complexity index is 143. The molecule has 2 N–H and O–H groups in total. The van der Waals surface area contributed by atoms with Crippen molar-refractivity contribution in [3.8, 4) is 0 Å². The highest BCUT2D eigenvalue weighted by molar-refractivity contribution is 5.75. The molecule has 0 bridgehead atoms. The molecule has 0 spiro atoms. The number of aliphatic carboxylic acids is 1. The second-order valence-corrected chi connectivity index (χ2v) is 1.75. The fourth-order valence-electron chi connectivity index (χ4n) is 0.482. The molecule has 0 aliphatic carbocycles. The smallest absolute Gasteiger partial charge is 0.324 e. The van der Waals surface area contributed by atoms with Crippen LogP contribution >= 0.6 is 0 Å². The molecule has 3 nitrogen and oxygen atoms in total. The second-order valence-electron chi connectivity index (χ2n) is 1.75. The molecule has 0 aromatic rings. The van der Waals surface area contributed by atoms with Crippen molar-refractivity contribution in [2.75, 3.05) is 6.54 Å². The third-order valence-electron chi connectivity index (χ3n) is 0.984. The number of rotatable bonds is 5. The van der Waals surface area contributed by atoms with Crippen molar-refractivity contribution >= 4 is 5.97 Å². The Balaban J connectivity index is 3.71. The molecule has 1 unspecified atom stereocenters. The minimum Gasteiger partial charge on any atom is -0.480 e. The van der Waals surface area contributed by atoms with E-state index in [0.717, 1.165) is 0 Å². The standard InChI is InChI=1S/C7H11NO2/c1-3-5-8-6(4-2)7(9)10/h3-4,6,8H,1-2,5H2,(H,9,10)/i6+2,7+2. The third-order valence-corrected chi connectivity index (χ3v) is 0.984. The molecule has 0 aromatic carbocycles. The van der Waals surface area contributed by atoms with Gasteiger partial charge in [0.25, 0.3) is 0 Å². The minimum atomic E-state index is -0.920. The molecule has 3 heteroatoms. The van der Waals surface area contributed by atoms with Crippen LogP contribution in [0.15, 0.2) is 25.3 Å². The van der Waals surface area contributed by atoms with E-state index in [4.69, 9.17) is 5.11 Å². The molecule has 0 heterocycles. The number of nitrogens with one attached hydrogen (secondary N) is 1. The number of carbonyl (C=O) groups is 1. The molecule has 0 rings (SSSR count). The van der Waals surface area contributed by atoms with Gasteiger partial charge in [0.05, 0.1) is 0 Å². The van der Waals surface area contributed by atoms with Gasteiger partial charge in [-0.3, -0.25) is 10.1 Å².